The summed E-state index contributed by atoms with van der Waals surface area (Å²) in [6, 6.07) is 8.06. The lowest BCUT2D eigenvalue weighted by Gasteiger charge is -2.11. The molecule has 0 aliphatic rings. The number of carboxylic acid groups (broad SMARTS) is 2. The van der Waals surface area contributed by atoms with Gasteiger partial charge in [0, 0.05) is 24.7 Å². The van der Waals surface area contributed by atoms with Crippen LogP contribution in [0, 0.1) is 5.82 Å². The van der Waals surface area contributed by atoms with Gasteiger partial charge >= 0.3 is 11.9 Å². The number of carboxylic acids is 2. The van der Waals surface area contributed by atoms with Gasteiger partial charge in [0.2, 0.25) is 0 Å². The quantitative estimate of drug-likeness (QED) is 0.288. The molecule has 0 atom stereocenters. The lowest BCUT2D eigenvalue weighted by molar-refractivity contribution is -0.159. The van der Waals surface area contributed by atoms with Crippen LogP contribution in [-0.2, 0) is 9.59 Å². The first-order chi connectivity index (χ1) is 14.4. The number of benzene rings is 1. The van der Waals surface area contributed by atoms with Gasteiger partial charge in [-0.2, -0.15) is 0 Å². The molecule has 0 saturated heterocycles. The Morgan fingerprint density at radius 1 is 1.03 bits per heavy atom. The maximum Gasteiger partial charge on any atom is 0.414 e. The number of fused-ring (bicyclic) bond motifs is 3. The summed E-state index contributed by atoms with van der Waals surface area (Å²) in [5.74, 6) is -4.08. The predicted octanol–water partition coefficient (Wildman–Crippen LogP) is 1.33. The van der Waals surface area contributed by atoms with Gasteiger partial charge in [0.25, 0.3) is 5.91 Å². The number of aromatic nitrogens is 4. The third-order valence-corrected chi connectivity index (χ3v) is 3.69. The molecule has 30 heavy (non-hydrogen) atoms. The molecule has 0 fully saturated rings. The Morgan fingerprint density at radius 2 is 1.80 bits per heavy atom. The van der Waals surface area contributed by atoms with Gasteiger partial charge in [0.05, 0.1) is 22.7 Å². The SMILES string of the molecule is O=C(NNc1nc2cc(F)ccc2n2cccc12)c1cnccn1.O=C(O)C(=O)O. The molecule has 0 aliphatic carbocycles. The summed E-state index contributed by atoms with van der Waals surface area (Å²) < 4.78 is 15.3. The highest BCUT2D eigenvalue weighted by molar-refractivity contribution is 6.27. The number of anilines is 1. The van der Waals surface area contributed by atoms with Gasteiger partial charge < -0.3 is 14.6 Å². The van der Waals surface area contributed by atoms with E-state index in [0.29, 0.717) is 11.3 Å². The maximum atomic E-state index is 13.5. The minimum Gasteiger partial charge on any atom is -0.473 e. The molecule has 4 N–H and O–H groups in total. The third-order valence-electron chi connectivity index (χ3n) is 3.69. The summed E-state index contributed by atoms with van der Waals surface area (Å²) in [6.07, 6.45) is 6.10. The summed E-state index contributed by atoms with van der Waals surface area (Å²) in [5, 5.41) is 14.8. The second kappa shape index (κ2) is 8.60. The molecule has 4 aromatic rings. The van der Waals surface area contributed by atoms with Crippen LogP contribution in [0.3, 0.4) is 0 Å². The van der Waals surface area contributed by atoms with Crippen LogP contribution in [0.2, 0.25) is 0 Å². The standard InChI is InChI=1S/C16H11FN6O.C2H2O4/c17-10-3-4-13-11(8-10)20-15(14-2-1-7-23(13)14)21-22-16(24)12-9-18-5-6-19-12;3-1(4)2(5)6/h1-9H,(H,20,21)(H,22,24);(H,3,4)(H,5,6). The van der Waals surface area contributed by atoms with Crippen molar-refractivity contribution in [3.05, 3.63) is 66.6 Å². The fourth-order valence-electron chi connectivity index (χ4n) is 2.44. The van der Waals surface area contributed by atoms with E-state index >= 15 is 0 Å². The van der Waals surface area contributed by atoms with Gasteiger partial charge in [-0.25, -0.2) is 23.9 Å². The van der Waals surface area contributed by atoms with Gasteiger partial charge in [-0.05, 0) is 24.3 Å². The van der Waals surface area contributed by atoms with Crippen molar-refractivity contribution in [3.63, 3.8) is 0 Å². The van der Waals surface area contributed by atoms with Gasteiger partial charge in [-0.3, -0.25) is 20.6 Å². The van der Waals surface area contributed by atoms with Gasteiger partial charge in [0.15, 0.2) is 5.82 Å². The Labute approximate surface area is 166 Å². The molecule has 11 nitrogen and oxygen atoms in total. The summed E-state index contributed by atoms with van der Waals surface area (Å²) in [4.78, 5) is 42.4. The summed E-state index contributed by atoms with van der Waals surface area (Å²) in [5.41, 5.74) is 7.42. The van der Waals surface area contributed by atoms with Gasteiger partial charge in [-0.1, -0.05) is 0 Å². The van der Waals surface area contributed by atoms with Crippen molar-refractivity contribution in [2.75, 3.05) is 5.43 Å². The predicted molar refractivity (Wildman–Crippen MR) is 101 cm³/mol. The fourth-order valence-corrected chi connectivity index (χ4v) is 2.44. The first-order valence-electron chi connectivity index (χ1n) is 8.21. The molecule has 0 spiro atoms. The Balaban J connectivity index is 0.000000377. The topological polar surface area (TPSA) is 159 Å². The van der Waals surface area contributed by atoms with Crippen LogP contribution in [0.4, 0.5) is 10.2 Å². The van der Waals surface area contributed by atoms with Crippen LogP contribution in [0.25, 0.3) is 16.6 Å². The van der Waals surface area contributed by atoms with Gasteiger partial charge in [-0.15, -0.1) is 0 Å². The summed E-state index contributed by atoms with van der Waals surface area (Å²) in [7, 11) is 0. The van der Waals surface area contributed by atoms with Crippen LogP contribution >= 0.6 is 0 Å². The molecule has 1 aromatic carbocycles. The highest BCUT2D eigenvalue weighted by atomic mass is 19.1. The lowest BCUT2D eigenvalue weighted by atomic mass is 10.3. The van der Waals surface area contributed by atoms with Crippen molar-refractivity contribution in [2.24, 2.45) is 0 Å². The van der Waals surface area contributed by atoms with E-state index in [0.717, 1.165) is 11.0 Å². The molecule has 0 unspecified atom stereocenters. The Hall–Kier alpha value is -4.61. The first kappa shape index (κ1) is 20.1. The highest BCUT2D eigenvalue weighted by Gasteiger charge is 2.11. The largest absolute Gasteiger partial charge is 0.473 e. The van der Waals surface area contributed by atoms with E-state index in [2.05, 4.69) is 25.8 Å². The van der Waals surface area contributed by atoms with Crippen molar-refractivity contribution in [2.45, 2.75) is 0 Å². The zero-order chi connectivity index (χ0) is 21.7. The molecule has 12 heteroatoms. The molecule has 3 aromatic heterocycles. The van der Waals surface area contributed by atoms with Crippen molar-refractivity contribution in [1.82, 2.24) is 24.8 Å². The van der Waals surface area contributed by atoms with Crippen molar-refractivity contribution in [1.29, 1.82) is 0 Å². The van der Waals surface area contributed by atoms with Crippen LogP contribution in [0.5, 0.6) is 0 Å². The number of carbonyl (C=O) groups excluding carboxylic acids is 1. The Kier molecular flexibility index (Phi) is 5.77. The van der Waals surface area contributed by atoms with E-state index < -0.39 is 17.8 Å². The zero-order valence-corrected chi connectivity index (χ0v) is 15.0. The first-order valence-corrected chi connectivity index (χ1v) is 8.21. The molecule has 1 amide bonds. The van der Waals surface area contributed by atoms with Crippen molar-refractivity contribution < 1.29 is 29.0 Å². The molecule has 0 aliphatic heterocycles. The second-order valence-electron chi connectivity index (χ2n) is 5.64. The lowest BCUT2D eigenvalue weighted by Crippen LogP contribution is -2.30. The number of carbonyl (C=O) groups is 3. The van der Waals surface area contributed by atoms with E-state index in [-0.39, 0.29) is 11.5 Å². The average Bonchev–Trinajstić information content (AvgIpc) is 3.22. The molecule has 0 bridgehead atoms. The minimum atomic E-state index is -1.82. The molecule has 152 valence electrons. The van der Waals surface area contributed by atoms with Crippen LogP contribution < -0.4 is 10.9 Å². The molecule has 0 radical (unpaired) electrons. The second-order valence-corrected chi connectivity index (χ2v) is 5.64. The molecular weight excluding hydrogens is 399 g/mol. The minimum absolute atomic E-state index is 0.170. The number of nitrogens with zero attached hydrogens (tertiary/aromatic N) is 4. The van der Waals surface area contributed by atoms with Crippen LogP contribution in [0.15, 0.2) is 55.1 Å². The van der Waals surface area contributed by atoms with E-state index in [4.69, 9.17) is 19.8 Å². The van der Waals surface area contributed by atoms with E-state index in [1.807, 2.05) is 22.7 Å². The number of halogens is 1. The average molecular weight is 412 g/mol. The maximum absolute atomic E-state index is 13.5. The van der Waals surface area contributed by atoms with Crippen LogP contribution in [0.1, 0.15) is 10.5 Å². The normalized spacial score (nSPS) is 10.2. The molecule has 0 saturated carbocycles. The number of rotatable bonds is 3. The molecule has 4 rings (SSSR count). The van der Waals surface area contributed by atoms with Gasteiger partial charge in [0.1, 0.15) is 11.5 Å². The number of aliphatic carboxylic acids is 2. The zero-order valence-electron chi connectivity index (χ0n) is 15.0. The highest BCUT2D eigenvalue weighted by Crippen LogP contribution is 2.22. The Morgan fingerprint density at radius 3 is 2.47 bits per heavy atom. The summed E-state index contributed by atoms with van der Waals surface area (Å²) >= 11 is 0. The monoisotopic (exact) mass is 412 g/mol. The Bertz CT molecular complexity index is 1230. The van der Waals surface area contributed by atoms with E-state index in [1.165, 1.54) is 30.7 Å². The smallest absolute Gasteiger partial charge is 0.414 e. The number of amides is 1. The van der Waals surface area contributed by atoms with E-state index in [9.17, 15) is 9.18 Å². The number of hydrogen-bond acceptors (Lipinski definition) is 7. The summed E-state index contributed by atoms with van der Waals surface area (Å²) in [6.45, 7) is 0. The van der Waals surface area contributed by atoms with Crippen LogP contribution in [-0.4, -0.2) is 47.4 Å². The van der Waals surface area contributed by atoms with E-state index in [1.54, 1.807) is 6.07 Å². The number of nitrogens with one attached hydrogen (secondary N) is 2. The molecule has 3 heterocycles. The van der Waals surface area contributed by atoms with Crippen molar-refractivity contribution >= 4 is 40.2 Å². The number of hydrogen-bond donors (Lipinski definition) is 4. The van der Waals surface area contributed by atoms with Crippen molar-refractivity contribution in [3.8, 4) is 0 Å². The third kappa shape index (κ3) is 4.44. The number of hydrazine groups is 1. The fraction of sp³-hybridized carbons (Fsp3) is 0. The molecular formula is C18H13FN6O5.